The third-order valence-electron chi connectivity index (χ3n) is 4.42. The Bertz CT molecular complexity index is 1280. The molecule has 29 heavy (non-hydrogen) atoms. The summed E-state index contributed by atoms with van der Waals surface area (Å²) in [6.07, 6.45) is 1.80. The van der Waals surface area contributed by atoms with Crippen molar-refractivity contribution in [1.82, 2.24) is 0 Å². The molecule has 0 heterocycles. The molecule has 4 rings (SSSR count). The predicted octanol–water partition coefficient (Wildman–Crippen LogP) is 6.00. The fraction of sp³-hybridized carbons (Fsp3) is 0. The van der Waals surface area contributed by atoms with Gasteiger partial charge in [0.15, 0.2) is 0 Å². The van der Waals surface area contributed by atoms with Gasteiger partial charge in [0.2, 0.25) is 0 Å². The molecule has 144 valence electrons. The van der Waals surface area contributed by atoms with Gasteiger partial charge in [-0.2, -0.15) is 0 Å². The number of nitrogens with zero attached hydrogens (tertiary/aromatic N) is 1. The second kappa shape index (κ2) is 8.34. The third-order valence-corrected chi connectivity index (χ3v) is 6.54. The zero-order valence-corrected chi connectivity index (χ0v) is 18.3. The Morgan fingerprint density at radius 2 is 1.48 bits per heavy atom. The number of hydrogen-bond donors (Lipinski definition) is 1. The SMILES string of the molecule is O=S(=O)(Nc1ccc(I)cc1)c1ccc(N=Cc2cccc3ccccc23)cc1. The van der Waals surface area contributed by atoms with Crippen LogP contribution in [-0.4, -0.2) is 14.6 Å². The standard InChI is InChI=1S/C23H17IN2O2S/c24-19-8-10-21(11-9-19)26-29(27,28)22-14-12-20(13-15-22)25-16-18-6-3-5-17-4-1-2-7-23(17)18/h1-16,26H. The van der Waals surface area contributed by atoms with E-state index >= 15 is 0 Å². The number of hydrogen-bond acceptors (Lipinski definition) is 3. The van der Waals surface area contributed by atoms with Crippen molar-refractivity contribution < 1.29 is 8.42 Å². The van der Waals surface area contributed by atoms with Crippen LogP contribution in [-0.2, 0) is 10.0 Å². The van der Waals surface area contributed by atoms with Crippen LogP contribution in [0.2, 0.25) is 0 Å². The topological polar surface area (TPSA) is 58.5 Å². The van der Waals surface area contributed by atoms with E-state index in [2.05, 4.69) is 50.5 Å². The van der Waals surface area contributed by atoms with Crippen LogP contribution in [0.1, 0.15) is 5.56 Å². The monoisotopic (exact) mass is 512 g/mol. The van der Waals surface area contributed by atoms with E-state index in [9.17, 15) is 8.42 Å². The normalized spacial score (nSPS) is 11.8. The summed E-state index contributed by atoms with van der Waals surface area (Å²) in [5, 5.41) is 2.28. The van der Waals surface area contributed by atoms with Crippen LogP contribution in [0.3, 0.4) is 0 Å². The van der Waals surface area contributed by atoms with Crippen molar-refractivity contribution in [3.05, 3.63) is 100 Å². The predicted molar refractivity (Wildman–Crippen MR) is 128 cm³/mol. The second-order valence-electron chi connectivity index (χ2n) is 6.43. The Hall–Kier alpha value is -2.71. The first-order chi connectivity index (χ1) is 14.0. The number of aliphatic imine (C=N–C) groups is 1. The highest BCUT2D eigenvalue weighted by atomic mass is 127. The minimum absolute atomic E-state index is 0.195. The van der Waals surface area contributed by atoms with E-state index in [0.29, 0.717) is 11.4 Å². The highest BCUT2D eigenvalue weighted by Gasteiger charge is 2.13. The molecule has 0 radical (unpaired) electrons. The van der Waals surface area contributed by atoms with E-state index < -0.39 is 10.0 Å². The lowest BCUT2D eigenvalue weighted by molar-refractivity contribution is 0.601. The van der Waals surface area contributed by atoms with Gasteiger partial charge in [0.05, 0.1) is 10.6 Å². The van der Waals surface area contributed by atoms with Gasteiger partial charge in [-0.3, -0.25) is 9.71 Å². The molecule has 0 aromatic heterocycles. The number of sulfonamides is 1. The van der Waals surface area contributed by atoms with Crippen LogP contribution in [0, 0.1) is 3.57 Å². The van der Waals surface area contributed by atoms with Gasteiger partial charge in [0.1, 0.15) is 0 Å². The van der Waals surface area contributed by atoms with Crippen molar-refractivity contribution in [1.29, 1.82) is 0 Å². The molecule has 4 aromatic carbocycles. The van der Waals surface area contributed by atoms with E-state index in [4.69, 9.17) is 0 Å². The molecule has 0 saturated heterocycles. The summed E-state index contributed by atoms with van der Waals surface area (Å²) < 4.78 is 28.8. The number of rotatable bonds is 5. The van der Waals surface area contributed by atoms with Gasteiger partial charge in [-0.25, -0.2) is 8.42 Å². The maximum absolute atomic E-state index is 12.6. The average molecular weight is 512 g/mol. The van der Waals surface area contributed by atoms with Crippen LogP contribution >= 0.6 is 22.6 Å². The highest BCUT2D eigenvalue weighted by molar-refractivity contribution is 14.1. The maximum atomic E-state index is 12.6. The van der Waals surface area contributed by atoms with Crippen molar-refractivity contribution in [2.24, 2.45) is 4.99 Å². The zero-order chi connectivity index (χ0) is 20.3. The Balaban J connectivity index is 1.54. The van der Waals surface area contributed by atoms with Crippen LogP contribution in [0.4, 0.5) is 11.4 Å². The number of benzene rings is 4. The summed E-state index contributed by atoms with van der Waals surface area (Å²) in [5.41, 5.74) is 2.23. The van der Waals surface area contributed by atoms with Crippen molar-refractivity contribution >= 4 is 61.0 Å². The molecule has 0 atom stereocenters. The summed E-state index contributed by atoms with van der Waals surface area (Å²) in [6, 6.07) is 27.9. The molecule has 0 unspecified atom stereocenters. The second-order valence-corrected chi connectivity index (χ2v) is 9.36. The van der Waals surface area contributed by atoms with Crippen LogP contribution in [0.5, 0.6) is 0 Å². The average Bonchev–Trinajstić information content (AvgIpc) is 2.74. The van der Waals surface area contributed by atoms with Gasteiger partial charge in [-0.15, -0.1) is 0 Å². The van der Waals surface area contributed by atoms with E-state index in [1.807, 2.05) is 36.4 Å². The van der Waals surface area contributed by atoms with Crippen LogP contribution < -0.4 is 4.72 Å². The van der Waals surface area contributed by atoms with Crippen molar-refractivity contribution in [2.75, 3.05) is 4.72 Å². The van der Waals surface area contributed by atoms with Crippen molar-refractivity contribution in [3.63, 3.8) is 0 Å². The highest BCUT2D eigenvalue weighted by Crippen LogP contribution is 2.22. The number of halogens is 1. The van der Waals surface area contributed by atoms with Gasteiger partial charge in [-0.05, 0) is 81.9 Å². The lowest BCUT2D eigenvalue weighted by Crippen LogP contribution is -2.12. The van der Waals surface area contributed by atoms with E-state index in [0.717, 1.165) is 19.9 Å². The minimum Gasteiger partial charge on any atom is -0.280 e. The Labute approximate surface area is 183 Å². The molecule has 0 saturated carbocycles. The summed E-state index contributed by atoms with van der Waals surface area (Å²) in [7, 11) is -3.64. The molecule has 6 heteroatoms. The Morgan fingerprint density at radius 3 is 2.24 bits per heavy atom. The van der Waals surface area contributed by atoms with Gasteiger partial charge in [-0.1, -0.05) is 42.5 Å². The largest absolute Gasteiger partial charge is 0.280 e. The molecule has 4 aromatic rings. The number of nitrogens with one attached hydrogen (secondary N) is 1. The van der Waals surface area contributed by atoms with Gasteiger partial charge in [0, 0.05) is 21.0 Å². The molecule has 0 aliphatic rings. The molecular formula is C23H17IN2O2S. The molecule has 0 amide bonds. The molecule has 0 fully saturated rings. The molecule has 1 N–H and O–H groups in total. The molecule has 4 nitrogen and oxygen atoms in total. The molecule has 0 bridgehead atoms. The third kappa shape index (κ3) is 4.65. The minimum atomic E-state index is -3.64. The molecule has 0 aliphatic carbocycles. The maximum Gasteiger partial charge on any atom is 0.261 e. The van der Waals surface area contributed by atoms with Gasteiger partial charge >= 0.3 is 0 Å². The van der Waals surface area contributed by atoms with Gasteiger partial charge in [0.25, 0.3) is 10.0 Å². The van der Waals surface area contributed by atoms with E-state index in [1.165, 1.54) is 0 Å². The van der Waals surface area contributed by atoms with E-state index in [-0.39, 0.29) is 4.90 Å². The van der Waals surface area contributed by atoms with Gasteiger partial charge < -0.3 is 0 Å². The summed E-state index contributed by atoms with van der Waals surface area (Å²) in [6.45, 7) is 0. The Morgan fingerprint density at radius 1 is 0.793 bits per heavy atom. The lowest BCUT2D eigenvalue weighted by Gasteiger charge is -2.08. The first-order valence-corrected chi connectivity index (χ1v) is 11.5. The summed E-state index contributed by atoms with van der Waals surface area (Å²) in [4.78, 5) is 4.70. The van der Waals surface area contributed by atoms with Crippen LogP contribution in [0.15, 0.2) is 101 Å². The van der Waals surface area contributed by atoms with Crippen molar-refractivity contribution in [3.8, 4) is 0 Å². The first-order valence-electron chi connectivity index (χ1n) is 8.92. The molecular weight excluding hydrogens is 495 g/mol. The quantitative estimate of drug-likeness (QED) is 0.264. The Kier molecular flexibility index (Phi) is 5.64. The van der Waals surface area contributed by atoms with Crippen molar-refractivity contribution in [2.45, 2.75) is 4.90 Å². The zero-order valence-electron chi connectivity index (χ0n) is 15.3. The molecule has 0 aliphatic heterocycles. The fourth-order valence-electron chi connectivity index (χ4n) is 2.95. The van der Waals surface area contributed by atoms with E-state index in [1.54, 1.807) is 42.6 Å². The summed E-state index contributed by atoms with van der Waals surface area (Å²) >= 11 is 2.17. The number of fused-ring (bicyclic) bond motifs is 1. The smallest absolute Gasteiger partial charge is 0.261 e. The fourth-order valence-corrected chi connectivity index (χ4v) is 4.37. The number of anilines is 1. The molecule has 0 spiro atoms. The summed E-state index contributed by atoms with van der Waals surface area (Å²) in [5.74, 6) is 0. The van der Waals surface area contributed by atoms with Crippen LogP contribution in [0.25, 0.3) is 10.8 Å². The lowest BCUT2D eigenvalue weighted by atomic mass is 10.1. The first kappa shape index (κ1) is 19.6.